The predicted octanol–water partition coefficient (Wildman–Crippen LogP) is 5.00. The van der Waals surface area contributed by atoms with Gasteiger partial charge in [-0.15, -0.1) is 0 Å². The monoisotopic (exact) mass is 392 g/mol. The highest BCUT2D eigenvalue weighted by Gasteiger charge is 2.19. The standard InChI is InChI=1S/C26H20N2O2/c27-22-15-13-19(21(25(22)29)12-11-17-7-3-1-4-8-17)20-14-16-23(28)26(30)24(20)18-9-5-2-6-10-18/h1-10,13-16,29-30H,27-28H2. The summed E-state index contributed by atoms with van der Waals surface area (Å²) in [4.78, 5) is 0. The molecule has 30 heavy (non-hydrogen) atoms. The Bertz CT molecular complexity index is 1270. The van der Waals surface area contributed by atoms with Crippen LogP contribution in [0.15, 0.2) is 84.9 Å². The van der Waals surface area contributed by atoms with Gasteiger partial charge in [-0.1, -0.05) is 72.5 Å². The van der Waals surface area contributed by atoms with Gasteiger partial charge < -0.3 is 21.7 Å². The second kappa shape index (κ2) is 7.94. The van der Waals surface area contributed by atoms with Gasteiger partial charge in [-0.25, -0.2) is 0 Å². The van der Waals surface area contributed by atoms with Crippen LogP contribution >= 0.6 is 0 Å². The molecule has 0 aliphatic heterocycles. The minimum atomic E-state index is -0.0914. The molecule has 0 aromatic heterocycles. The van der Waals surface area contributed by atoms with Crippen LogP contribution in [0, 0.1) is 11.8 Å². The zero-order valence-electron chi connectivity index (χ0n) is 16.1. The number of benzene rings is 4. The molecule has 0 amide bonds. The van der Waals surface area contributed by atoms with E-state index in [1.165, 1.54) is 0 Å². The van der Waals surface area contributed by atoms with Gasteiger partial charge in [-0.3, -0.25) is 0 Å². The number of nitrogen functional groups attached to an aromatic ring is 2. The summed E-state index contributed by atoms with van der Waals surface area (Å²) in [6.07, 6.45) is 0. The second-order valence-electron chi connectivity index (χ2n) is 6.83. The highest BCUT2D eigenvalue weighted by Crippen LogP contribution is 2.44. The van der Waals surface area contributed by atoms with Crippen molar-refractivity contribution in [3.63, 3.8) is 0 Å². The first-order chi connectivity index (χ1) is 14.6. The van der Waals surface area contributed by atoms with Crippen molar-refractivity contribution in [3.8, 4) is 45.6 Å². The van der Waals surface area contributed by atoms with E-state index in [1.807, 2.05) is 66.7 Å². The molecule has 146 valence electrons. The van der Waals surface area contributed by atoms with Crippen LogP contribution in [-0.4, -0.2) is 10.2 Å². The summed E-state index contributed by atoms with van der Waals surface area (Å²) >= 11 is 0. The fourth-order valence-corrected chi connectivity index (χ4v) is 3.34. The number of phenolic OH excluding ortho intramolecular Hbond substituents is 2. The smallest absolute Gasteiger partial charge is 0.154 e. The van der Waals surface area contributed by atoms with Crippen molar-refractivity contribution in [2.24, 2.45) is 0 Å². The van der Waals surface area contributed by atoms with Gasteiger partial charge in [-0.05, 0) is 35.4 Å². The van der Waals surface area contributed by atoms with Gasteiger partial charge in [0.25, 0.3) is 0 Å². The molecule has 4 rings (SSSR count). The van der Waals surface area contributed by atoms with E-state index in [-0.39, 0.29) is 22.9 Å². The topological polar surface area (TPSA) is 92.5 Å². The largest absolute Gasteiger partial charge is 0.505 e. The molecule has 0 aliphatic rings. The summed E-state index contributed by atoms with van der Waals surface area (Å²) in [6.45, 7) is 0. The molecule has 6 N–H and O–H groups in total. The van der Waals surface area contributed by atoms with Crippen LogP contribution < -0.4 is 11.5 Å². The van der Waals surface area contributed by atoms with Crippen LogP contribution in [0.1, 0.15) is 11.1 Å². The van der Waals surface area contributed by atoms with Gasteiger partial charge in [0.15, 0.2) is 5.75 Å². The lowest BCUT2D eigenvalue weighted by molar-refractivity contribution is 0.476. The van der Waals surface area contributed by atoms with Crippen molar-refractivity contribution in [3.05, 3.63) is 96.1 Å². The molecule has 4 aromatic rings. The lowest BCUT2D eigenvalue weighted by Crippen LogP contribution is -1.96. The molecule has 0 atom stereocenters. The Kier molecular flexibility index (Phi) is 5.02. The quantitative estimate of drug-likeness (QED) is 0.219. The molecular weight excluding hydrogens is 372 g/mol. The first kappa shape index (κ1) is 19.0. The molecule has 0 unspecified atom stereocenters. The average molecular weight is 392 g/mol. The third-order valence-corrected chi connectivity index (χ3v) is 4.88. The SMILES string of the molecule is Nc1ccc(-c2ccc(N)c(O)c2-c2ccccc2)c(C#Cc2ccccc2)c1O. The van der Waals surface area contributed by atoms with E-state index < -0.39 is 0 Å². The molecule has 0 saturated carbocycles. The third kappa shape index (κ3) is 3.52. The number of rotatable bonds is 2. The highest BCUT2D eigenvalue weighted by atomic mass is 16.3. The summed E-state index contributed by atoms with van der Waals surface area (Å²) in [6, 6.07) is 25.8. The fraction of sp³-hybridized carbons (Fsp3) is 0. The predicted molar refractivity (Wildman–Crippen MR) is 122 cm³/mol. The molecule has 0 bridgehead atoms. The first-order valence-electron chi connectivity index (χ1n) is 9.42. The van der Waals surface area contributed by atoms with E-state index in [2.05, 4.69) is 11.8 Å². The van der Waals surface area contributed by atoms with Crippen LogP contribution in [0.25, 0.3) is 22.3 Å². The van der Waals surface area contributed by atoms with Crippen molar-refractivity contribution < 1.29 is 10.2 Å². The molecule has 4 heteroatoms. The number of hydrogen-bond acceptors (Lipinski definition) is 4. The highest BCUT2D eigenvalue weighted by molar-refractivity contribution is 5.94. The summed E-state index contributed by atoms with van der Waals surface area (Å²) in [5.41, 5.74) is 16.4. The van der Waals surface area contributed by atoms with Crippen molar-refractivity contribution in [2.45, 2.75) is 0 Å². The Morgan fingerprint density at radius 3 is 1.80 bits per heavy atom. The van der Waals surface area contributed by atoms with Gasteiger partial charge in [0.05, 0.1) is 16.9 Å². The number of anilines is 2. The van der Waals surface area contributed by atoms with Crippen LogP contribution in [-0.2, 0) is 0 Å². The Morgan fingerprint density at radius 2 is 1.13 bits per heavy atom. The minimum absolute atomic E-state index is 0.0167. The molecule has 0 aliphatic carbocycles. The molecule has 0 radical (unpaired) electrons. The normalized spacial score (nSPS) is 10.3. The van der Waals surface area contributed by atoms with E-state index >= 15 is 0 Å². The maximum absolute atomic E-state index is 10.8. The molecule has 0 saturated heterocycles. The van der Waals surface area contributed by atoms with Crippen LogP contribution in [0.2, 0.25) is 0 Å². The maximum atomic E-state index is 10.8. The second-order valence-corrected chi connectivity index (χ2v) is 6.83. The summed E-state index contributed by atoms with van der Waals surface area (Å²) < 4.78 is 0. The zero-order chi connectivity index (χ0) is 21.1. The number of aromatic hydroxyl groups is 2. The Balaban J connectivity index is 1.98. The van der Waals surface area contributed by atoms with Crippen molar-refractivity contribution in [1.82, 2.24) is 0 Å². The van der Waals surface area contributed by atoms with E-state index in [0.29, 0.717) is 22.3 Å². The van der Waals surface area contributed by atoms with Crippen molar-refractivity contribution >= 4 is 11.4 Å². The Labute approximate surface area is 175 Å². The molecule has 0 heterocycles. The third-order valence-electron chi connectivity index (χ3n) is 4.88. The molecule has 0 spiro atoms. The minimum Gasteiger partial charge on any atom is -0.505 e. The maximum Gasteiger partial charge on any atom is 0.154 e. The lowest BCUT2D eigenvalue weighted by Gasteiger charge is -2.16. The molecular formula is C26H20N2O2. The summed E-state index contributed by atoms with van der Waals surface area (Å²) in [5.74, 6) is 6.02. The van der Waals surface area contributed by atoms with Crippen LogP contribution in [0.5, 0.6) is 11.5 Å². The number of phenols is 2. The van der Waals surface area contributed by atoms with Gasteiger partial charge in [0, 0.05) is 16.7 Å². The van der Waals surface area contributed by atoms with Crippen LogP contribution in [0.3, 0.4) is 0 Å². The Morgan fingerprint density at radius 1 is 0.567 bits per heavy atom. The van der Waals surface area contributed by atoms with Gasteiger partial charge in [0.2, 0.25) is 0 Å². The number of hydrogen-bond donors (Lipinski definition) is 4. The van der Waals surface area contributed by atoms with E-state index in [0.717, 1.165) is 11.1 Å². The van der Waals surface area contributed by atoms with Crippen LogP contribution in [0.4, 0.5) is 11.4 Å². The van der Waals surface area contributed by atoms with Crippen molar-refractivity contribution in [2.75, 3.05) is 11.5 Å². The van der Waals surface area contributed by atoms with E-state index in [1.54, 1.807) is 18.2 Å². The molecule has 4 aromatic carbocycles. The first-order valence-corrected chi connectivity index (χ1v) is 9.42. The summed E-state index contributed by atoms with van der Waals surface area (Å²) in [5, 5.41) is 21.5. The fourth-order valence-electron chi connectivity index (χ4n) is 3.34. The van der Waals surface area contributed by atoms with E-state index in [4.69, 9.17) is 11.5 Å². The Hall–Kier alpha value is -4.36. The average Bonchev–Trinajstić information content (AvgIpc) is 2.78. The van der Waals surface area contributed by atoms with Gasteiger partial charge in [0.1, 0.15) is 5.75 Å². The summed E-state index contributed by atoms with van der Waals surface area (Å²) in [7, 11) is 0. The number of nitrogens with two attached hydrogens (primary N) is 2. The van der Waals surface area contributed by atoms with Gasteiger partial charge in [-0.2, -0.15) is 0 Å². The zero-order valence-corrected chi connectivity index (χ0v) is 16.1. The molecule has 4 nitrogen and oxygen atoms in total. The van der Waals surface area contributed by atoms with E-state index in [9.17, 15) is 10.2 Å². The van der Waals surface area contributed by atoms with Gasteiger partial charge >= 0.3 is 0 Å². The lowest BCUT2D eigenvalue weighted by atomic mass is 9.90. The van der Waals surface area contributed by atoms with Crippen molar-refractivity contribution in [1.29, 1.82) is 0 Å². The molecule has 0 fully saturated rings.